The molecule has 5 nitrogen and oxygen atoms in total. The van der Waals surface area contributed by atoms with Crippen LogP contribution in [0.5, 0.6) is 0 Å². The topological polar surface area (TPSA) is 74.8 Å². The molecule has 1 heterocycles. The third kappa shape index (κ3) is 3.89. The molecule has 0 saturated carbocycles. The maximum absolute atomic E-state index is 13.3. The second kappa shape index (κ2) is 6.29. The number of hydrogen-bond acceptors (Lipinski definition) is 4. The second-order valence-corrected chi connectivity index (χ2v) is 4.66. The van der Waals surface area contributed by atoms with Crippen molar-refractivity contribution >= 4 is 23.4 Å². The molecule has 2 N–H and O–H groups in total. The van der Waals surface area contributed by atoms with E-state index in [1.165, 1.54) is 12.3 Å². The second-order valence-electron chi connectivity index (χ2n) is 3.70. The number of halogens is 2. The number of thioether (sulfide) groups is 1. The van der Waals surface area contributed by atoms with E-state index in [4.69, 9.17) is 0 Å². The molecule has 0 radical (unpaired) electrons. The van der Waals surface area contributed by atoms with Crippen molar-refractivity contribution in [2.75, 3.05) is 11.1 Å². The molecule has 0 bridgehead atoms. The number of hydrogen-bond donors (Lipinski definition) is 2. The Morgan fingerprint density at radius 2 is 2.15 bits per heavy atom. The highest BCUT2D eigenvalue weighted by Gasteiger charge is 2.09. The van der Waals surface area contributed by atoms with Gasteiger partial charge in [-0.25, -0.2) is 13.8 Å². The molecule has 0 aliphatic heterocycles. The molecule has 0 atom stereocenters. The Morgan fingerprint density at radius 3 is 2.85 bits per heavy atom. The predicted octanol–water partition coefficient (Wildman–Crippen LogP) is 1.78. The van der Waals surface area contributed by atoms with Crippen LogP contribution in [0.3, 0.4) is 0 Å². The zero-order chi connectivity index (χ0) is 14.5. The first kappa shape index (κ1) is 14.2. The lowest BCUT2D eigenvalue weighted by molar-refractivity contribution is -0.113. The quantitative estimate of drug-likeness (QED) is 0.666. The Hall–Kier alpha value is -2.22. The molecule has 20 heavy (non-hydrogen) atoms. The standard InChI is InChI=1S/C12H9F2N3O2S/c13-7-1-2-9(8(14)5-7)16-11(19)6-20-12-15-4-3-10(18)17-12/h1-5H,6H2,(H,16,19)(H,15,17,18). The summed E-state index contributed by atoms with van der Waals surface area (Å²) in [6.07, 6.45) is 1.32. The number of amides is 1. The average molecular weight is 297 g/mol. The fraction of sp³-hybridized carbons (Fsp3) is 0.0833. The summed E-state index contributed by atoms with van der Waals surface area (Å²) in [6.45, 7) is 0. The van der Waals surface area contributed by atoms with Gasteiger partial charge in [-0.3, -0.25) is 9.59 Å². The number of carbonyl (C=O) groups excluding carboxylic acids is 1. The molecule has 0 aliphatic carbocycles. The monoisotopic (exact) mass is 297 g/mol. The summed E-state index contributed by atoms with van der Waals surface area (Å²) in [5.74, 6) is -2.13. The largest absolute Gasteiger partial charge is 0.323 e. The van der Waals surface area contributed by atoms with E-state index in [2.05, 4.69) is 15.3 Å². The Bertz CT molecular complexity index is 690. The number of nitrogens with zero attached hydrogens (tertiary/aromatic N) is 1. The number of aromatic nitrogens is 2. The van der Waals surface area contributed by atoms with Gasteiger partial charge < -0.3 is 10.3 Å². The van der Waals surface area contributed by atoms with E-state index in [0.717, 1.165) is 23.9 Å². The number of carbonyl (C=O) groups is 1. The summed E-state index contributed by atoms with van der Waals surface area (Å²) in [7, 11) is 0. The molecule has 2 aromatic rings. The van der Waals surface area contributed by atoms with E-state index in [1.807, 2.05) is 0 Å². The van der Waals surface area contributed by atoms with Gasteiger partial charge in [0, 0.05) is 18.3 Å². The van der Waals surface area contributed by atoms with Gasteiger partial charge in [0.2, 0.25) is 5.91 Å². The van der Waals surface area contributed by atoms with E-state index < -0.39 is 17.5 Å². The van der Waals surface area contributed by atoms with Gasteiger partial charge in [0.25, 0.3) is 5.56 Å². The molecule has 8 heteroatoms. The first-order valence-corrected chi connectivity index (χ1v) is 6.46. The molecule has 0 aliphatic rings. The summed E-state index contributed by atoms with van der Waals surface area (Å²) in [5, 5.41) is 2.59. The van der Waals surface area contributed by atoms with Crippen LogP contribution in [0, 0.1) is 11.6 Å². The van der Waals surface area contributed by atoms with Gasteiger partial charge in [-0.15, -0.1) is 0 Å². The van der Waals surface area contributed by atoms with E-state index in [9.17, 15) is 18.4 Å². The SMILES string of the molecule is O=C(CSc1nccc(=O)[nH]1)Nc1ccc(F)cc1F. The first-order valence-electron chi connectivity index (χ1n) is 5.47. The Morgan fingerprint density at radius 1 is 1.35 bits per heavy atom. The van der Waals surface area contributed by atoms with Crippen LogP contribution in [0.15, 0.2) is 40.4 Å². The lowest BCUT2D eigenvalue weighted by Gasteiger charge is -2.05. The Balaban J connectivity index is 1.94. The molecule has 1 aromatic carbocycles. The van der Waals surface area contributed by atoms with E-state index in [-0.39, 0.29) is 22.2 Å². The minimum atomic E-state index is -0.852. The lowest BCUT2D eigenvalue weighted by atomic mass is 10.3. The van der Waals surface area contributed by atoms with Gasteiger partial charge in [-0.2, -0.15) is 0 Å². The van der Waals surface area contributed by atoms with Gasteiger partial charge in [-0.05, 0) is 12.1 Å². The molecule has 1 amide bonds. The molecule has 1 aromatic heterocycles. The Labute approximate surface area is 116 Å². The van der Waals surface area contributed by atoms with Crippen LogP contribution in [0.2, 0.25) is 0 Å². The summed E-state index contributed by atoms with van der Waals surface area (Å²) >= 11 is 0.996. The molecular weight excluding hydrogens is 288 g/mol. The lowest BCUT2D eigenvalue weighted by Crippen LogP contribution is -2.16. The highest BCUT2D eigenvalue weighted by molar-refractivity contribution is 7.99. The van der Waals surface area contributed by atoms with Crippen LogP contribution in [0.25, 0.3) is 0 Å². The number of rotatable bonds is 4. The molecule has 0 spiro atoms. The van der Waals surface area contributed by atoms with Crippen LogP contribution in [0.4, 0.5) is 14.5 Å². The zero-order valence-corrected chi connectivity index (χ0v) is 10.8. The zero-order valence-electron chi connectivity index (χ0n) is 10.0. The third-order valence-corrected chi connectivity index (χ3v) is 3.08. The van der Waals surface area contributed by atoms with Crippen molar-refractivity contribution in [2.45, 2.75) is 5.16 Å². The van der Waals surface area contributed by atoms with E-state index >= 15 is 0 Å². The van der Waals surface area contributed by atoms with Crippen molar-refractivity contribution in [1.82, 2.24) is 9.97 Å². The average Bonchev–Trinajstić information content (AvgIpc) is 2.40. The van der Waals surface area contributed by atoms with Crippen molar-refractivity contribution < 1.29 is 13.6 Å². The molecule has 104 valence electrons. The van der Waals surface area contributed by atoms with Crippen molar-refractivity contribution in [3.8, 4) is 0 Å². The summed E-state index contributed by atoms with van der Waals surface area (Å²) < 4.78 is 26.0. The van der Waals surface area contributed by atoms with Crippen LogP contribution in [-0.4, -0.2) is 21.6 Å². The number of nitrogens with one attached hydrogen (secondary N) is 2. The Kier molecular flexibility index (Phi) is 4.46. The molecule has 0 fully saturated rings. The van der Waals surface area contributed by atoms with Gasteiger partial charge in [0.1, 0.15) is 11.6 Å². The highest BCUT2D eigenvalue weighted by Crippen LogP contribution is 2.16. The highest BCUT2D eigenvalue weighted by atomic mass is 32.2. The fourth-order valence-electron chi connectivity index (χ4n) is 1.34. The van der Waals surface area contributed by atoms with Crippen molar-refractivity contribution in [3.05, 3.63) is 52.5 Å². The molecule has 0 saturated heterocycles. The summed E-state index contributed by atoms with van der Waals surface area (Å²) in [4.78, 5) is 28.9. The number of anilines is 1. The van der Waals surface area contributed by atoms with Crippen molar-refractivity contribution in [2.24, 2.45) is 0 Å². The number of benzene rings is 1. The third-order valence-electron chi connectivity index (χ3n) is 2.19. The van der Waals surface area contributed by atoms with Gasteiger partial charge >= 0.3 is 0 Å². The maximum Gasteiger partial charge on any atom is 0.251 e. The normalized spacial score (nSPS) is 10.3. The number of aromatic amines is 1. The minimum Gasteiger partial charge on any atom is -0.323 e. The summed E-state index contributed by atoms with van der Waals surface area (Å²) in [6, 6.07) is 4.11. The maximum atomic E-state index is 13.3. The smallest absolute Gasteiger partial charge is 0.251 e. The van der Waals surface area contributed by atoms with Crippen LogP contribution in [0.1, 0.15) is 0 Å². The van der Waals surface area contributed by atoms with Gasteiger partial charge in [0.05, 0.1) is 11.4 Å². The summed E-state index contributed by atoms with van der Waals surface area (Å²) in [5.41, 5.74) is -0.431. The van der Waals surface area contributed by atoms with E-state index in [1.54, 1.807) is 0 Å². The van der Waals surface area contributed by atoms with Gasteiger partial charge in [0.15, 0.2) is 5.16 Å². The van der Waals surface area contributed by atoms with Crippen molar-refractivity contribution in [1.29, 1.82) is 0 Å². The van der Waals surface area contributed by atoms with Crippen molar-refractivity contribution in [3.63, 3.8) is 0 Å². The van der Waals surface area contributed by atoms with Crippen LogP contribution < -0.4 is 10.9 Å². The van der Waals surface area contributed by atoms with Crippen LogP contribution in [-0.2, 0) is 4.79 Å². The van der Waals surface area contributed by atoms with Gasteiger partial charge in [-0.1, -0.05) is 11.8 Å². The minimum absolute atomic E-state index is 0.0657. The molecule has 2 rings (SSSR count). The first-order chi connectivity index (χ1) is 9.54. The molecular formula is C12H9F2N3O2S. The number of H-pyrrole nitrogens is 1. The van der Waals surface area contributed by atoms with Crippen LogP contribution >= 0.6 is 11.8 Å². The molecule has 0 unspecified atom stereocenters. The predicted molar refractivity (Wildman–Crippen MR) is 70.6 cm³/mol. The fourth-order valence-corrected chi connectivity index (χ4v) is 1.98. The van der Waals surface area contributed by atoms with E-state index in [0.29, 0.717) is 6.07 Å².